The quantitative estimate of drug-likeness (QED) is 0.647. The number of halogens is 2. The van der Waals surface area contributed by atoms with Crippen LogP contribution >= 0.6 is 34.5 Å². The molecule has 3 aromatic rings. The molecule has 3 heterocycles. The van der Waals surface area contributed by atoms with Crippen molar-refractivity contribution in [3.63, 3.8) is 0 Å². The van der Waals surface area contributed by atoms with Crippen LogP contribution in [0.25, 0.3) is 11.3 Å². The summed E-state index contributed by atoms with van der Waals surface area (Å²) in [5.74, 6) is 0.947. The highest BCUT2D eigenvalue weighted by molar-refractivity contribution is 7.14. The zero-order valence-corrected chi connectivity index (χ0v) is 15.5. The molecule has 1 amide bonds. The molecule has 6 nitrogen and oxygen atoms in total. The highest BCUT2D eigenvalue weighted by Gasteiger charge is 2.18. The molecule has 26 heavy (non-hydrogen) atoms. The van der Waals surface area contributed by atoms with Crippen LogP contribution in [0.2, 0.25) is 10.2 Å². The fourth-order valence-corrected chi connectivity index (χ4v) is 3.59. The van der Waals surface area contributed by atoms with Gasteiger partial charge in [-0.1, -0.05) is 23.2 Å². The first-order chi connectivity index (χ1) is 12.6. The minimum absolute atomic E-state index is 0.103. The number of aromatic nitrogens is 2. The monoisotopic (exact) mass is 407 g/mol. The number of hydrogen-bond acceptors (Lipinski definition) is 6. The molecule has 1 aliphatic rings. The summed E-state index contributed by atoms with van der Waals surface area (Å²) in [6, 6.07) is 6.89. The van der Waals surface area contributed by atoms with E-state index in [-0.39, 0.29) is 19.1 Å². The van der Waals surface area contributed by atoms with Gasteiger partial charge in [-0.25, -0.2) is 9.97 Å². The van der Waals surface area contributed by atoms with E-state index in [1.807, 2.05) is 5.38 Å². The molecular formula is C17H11Cl2N3O3S. The van der Waals surface area contributed by atoms with Gasteiger partial charge in [-0.3, -0.25) is 4.79 Å². The number of carbonyl (C=O) groups excluding carboxylic acids is 1. The topological polar surface area (TPSA) is 73.3 Å². The van der Waals surface area contributed by atoms with Gasteiger partial charge in [-0.05, 0) is 23.8 Å². The Morgan fingerprint density at radius 2 is 2.04 bits per heavy atom. The highest BCUT2D eigenvalue weighted by atomic mass is 35.5. The number of benzene rings is 1. The standard InChI is InChI=1S/C17H11Cl2N3O3S/c18-11-6-14-13(24-8-25-14)3-10(11)5-16(23)22-17-21-12(7-26-17)9-1-2-20-15(19)4-9/h1-4,6-7H,5,8H2,(H,21,22,23). The number of fused-ring (bicyclic) bond motifs is 1. The lowest BCUT2D eigenvalue weighted by molar-refractivity contribution is -0.115. The maximum Gasteiger partial charge on any atom is 0.231 e. The molecule has 9 heteroatoms. The van der Waals surface area contributed by atoms with Crippen LogP contribution in [0.4, 0.5) is 5.13 Å². The van der Waals surface area contributed by atoms with E-state index in [1.165, 1.54) is 11.3 Å². The zero-order chi connectivity index (χ0) is 18.1. The molecule has 1 N–H and O–H groups in total. The predicted octanol–water partition coefficient (Wildman–Crippen LogP) is 4.42. The molecule has 0 atom stereocenters. The fourth-order valence-electron chi connectivity index (χ4n) is 2.46. The zero-order valence-electron chi connectivity index (χ0n) is 13.2. The minimum atomic E-state index is -0.223. The number of rotatable bonds is 4. The Morgan fingerprint density at radius 3 is 2.85 bits per heavy atom. The summed E-state index contributed by atoms with van der Waals surface area (Å²) in [7, 11) is 0. The van der Waals surface area contributed by atoms with Crippen molar-refractivity contribution >= 4 is 45.6 Å². The Kier molecular flexibility index (Phi) is 4.67. The molecule has 0 spiro atoms. The lowest BCUT2D eigenvalue weighted by atomic mass is 10.1. The summed E-state index contributed by atoms with van der Waals surface area (Å²) in [4.78, 5) is 20.7. The molecule has 0 aliphatic carbocycles. The number of amides is 1. The van der Waals surface area contributed by atoms with Gasteiger partial charge in [0.1, 0.15) is 5.15 Å². The molecular weight excluding hydrogens is 397 g/mol. The van der Waals surface area contributed by atoms with Crippen LogP contribution in [0.5, 0.6) is 11.5 Å². The maximum atomic E-state index is 12.3. The Hall–Kier alpha value is -2.35. The van der Waals surface area contributed by atoms with E-state index in [1.54, 1.807) is 30.5 Å². The maximum absolute atomic E-state index is 12.3. The van der Waals surface area contributed by atoms with Crippen LogP contribution in [-0.2, 0) is 11.2 Å². The van der Waals surface area contributed by atoms with Crippen molar-refractivity contribution in [2.75, 3.05) is 12.1 Å². The first-order valence-corrected chi connectivity index (χ1v) is 9.17. The van der Waals surface area contributed by atoms with Gasteiger partial charge >= 0.3 is 0 Å². The number of nitrogens with one attached hydrogen (secondary N) is 1. The highest BCUT2D eigenvalue weighted by Crippen LogP contribution is 2.37. The lowest BCUT2D eigenvalue weighted by Crippen LogP contribution is -2.14. The van der Waals surface area contributed by atoms with E-state index >= 15 is 0 Å². The molecule has 0 bridgehead atoms. The molecule has 0 radical (unpaired) electrons. The first-order valence-electron chi connectivity index (χ1n) is 7.54. The Labute approximate surface area is 162 Å². The normalized spacial score (nSPS) is 12.2. The van der Waals surface area contributed by atoms with E-state index in [0.717, 1.165) is 11.3 Å². The van der Waals surface area contributed by atoms with Crippen molar-refractivity contribution in [2.45, 2.75) is 6.42 Å². The summed E-state index contributed by atoms with van der Waals surface area (Å²) in [6.07, 6.45) is 1.71. The number of nitrogens with zero attached hydrogens (tertiary/aromatic N) is 2. The SMILES string of the molecule is O=C(Cc1cc2c(cc1Cl)OCO2)Nc1nc(-c2ccnc(Cl)c2)cs1. The van der Waals surface area contributed by atoms with Crippen LogP contribution in [-0.4, -0.2) is 22.7 Å². The molecule has 1 aromatic carbocycles. The van der Waals surface area contributed by atoms with Crippen molar-refractivity contribution in [2.24, 2.45) is 0 Å². The average Bonchev–Trinajstić information content (AvgIpc) is 3.24. The van der Waals surface area contributed by atoms with Gasteiger partial charge in [0.25, 0.3) is 0 Å². The average molecular weight is 408 g/mol. The number of carbonyl (C=O) groups is 1. The third-order valence-electron chi connectivity index (χ3n) is 3.67. The van der Waals surface area contributed by atoms with E-state index in [9.17, 15) is 4.79 Å². The second-order valence-electron chi connectivity index (χ2n) is 5.43. The largest absolute Gasteiger partial charge is 0.454 e. The van der Waals surface area contributed by atoms with Crippen LogP contribution in [0.1, 0.15) is 5.56 Å². The molecule has 132 valence electrons. The van der Waals surface area contributed by atoms with Crippen molar-refractivity contribution < 1.29 is 14.3 Å². The minimum Gasteiger partial charge on any atom is -0.454 e. The number of thiazole rings is 1. The second kappa shape index (κ2) is 7.11. The molecule has 1 aliphatic heterocycles. The van der Waals surface area contributed by atoms with Gasteiger partial charge in [-0.15, -0.1) is 11.3 Å². The van der Waals surface area contributed by atoms with Crippen molar-refractivity contribution in [3.05, 3.63) is 51.6 Å². The summed E-state index contributed by atoms with van der Waals surface area (Å²) in [5.41, 5.74) is 2.21. The van der Waals surface area contributed by atoms with Crippen molar-refractivity contribution in [1.82, 2.24) is 9.97 Å². The summed E-state index contributed by atoms with van der Waals surface area (Å²) >= 11 is 13.4. The smallest absolute Gasteiger partial charge is 0.231 e. The molecule has 2 aromatic heterocycles. The van der Waals surface area contributed by atoms with E-state index in [0.29, 0.717) is 32.4 Å². The fraction of sp³-hybridized carbons (Fsp3) is 0.118. The molecule has 0 unspecified atom stereocenters. The van der Waals surface area contributed by atoms with Gasteiger partial charge in [-0.2, -0.15) is 0 Å². The van der Waals surface area contributed by atoms with Crippen molar-refractivity contribution in [1.29, 1.82) is 0 Å². The van der Waals surface area contributed by atoms with E-state index in [4.69, 9.17) is 32.7 Å². The second-order valence-corrected chi connectivity index (χ2v) is 7.08. The van der Waals surface area contributed by atoms with Gasteiger partial charge in [0.15, 0.2) is 16.6 Å². The van der Waals surface area contributed by atoms with Gasteiger partial charge in [0, 0.05) is 28.2 Å². The number of pyridine rings is 1. The molecule has 0 saturated heterocycles. The predicted molar refractivity (Wildman–Crippen MR) is 100 cm³/mol. The molecule has 4 rings (SSSR count). The Balaban J connectivity index is 1.46. The summed E-state index contributed by atoms with van der Waals surface area (Å²) < 4.78 is 10.6. The number of anilines is 1. The van der Waals surface area contributed by atoms with E-state index < -0.39 is 0 Å². The number of ether oxygens (including phenoxy) is 2. The van der Waals surface area contributed by atoms with Gasteiger partial charge < -0.3 is 14.8 Å². The van der Waals surface area contributed by atoms with Crippen molar-refractivity contribution in [3.8, 4) is 22.8 Å². The van der Waals surface area contributed by atoms with Crippen LogP contribution < -0.4 is 14.8 Å². The third kappa shape index (κ3) is 3.60. The van der Waals surface area contributed by atoms with E-state index in [2.05, 4.69) is 15.3 Å². The summed E-state index contributed by atoms with van der Waals surface area (Å²) in [5, 5.41) is 5.96. The van der Waals surface area contributed by atoms with Crippen LogP contribution in [0.15, 0.2) is 35.8 Å². The third-order valence-corrected chi connectivity index (χ3v) is 4.98. The summed E-state index contributed by atoms with van der Waals surface area (Å²) in [6.45, 7) is 0.155. The Bertz CT molecular complexity index is 993. The molecule has 0 saturated carbocycles. The lowest BCUT2D eigenvalue weighted by Gasteiger charge is -2.06. The Morgan fingerprint density at radius 1 is 1.23 bits per heavy atom. The first kappa shape index (κ1) is 17.1. The van der Waals surface area contributed by atoms with Gasteiger partial charge in [0.2, 0.25) is 12.7 Å². The number of hydrogen-bond donors (Lipinski definition) is 1. The molecule has 0 fully saturated rings. The van der Waals surface area contributed by atoms with Gasteiger partial charge in [0.05, 0.1) is 12.1 Å². The van der Waals surface area contributed by atoms with Crippen LogP contribution in [0.3, 0.4) is 0 Å². The van der Waals surface area contributed by atoms with Crippen LogP contribution in [0, 0.1) is 0 Å².